The van der Waals surface area contributed by atoms with Gasteiger partial charge in [-0.1, -0.05) is 13.3 Å². The van der Waals surface area contributed by atoms with Gasteiger partial charge in [0.15, 0.2) is 0 Å². The molecule has 1 unspecified atom stereocenters. The van der Waals surface area contributed by atoms with E-state index < -0.39 is 17.7 Å². The first-order valence-corrected chi connectivity index (χ1v) is 7.02. The molecule has 0 amide bonds. The Labute approximate surface area is 121 Å². The number of nitrogens with zero attached hydrogens (tertiary/aromatic N) is 1. The van der Waals surface area contributed by atoms with Gasteiger partial charge in [0, 0.05) is 13.1 Å². The van der Waals surface area contributed by atoms with Gasteiger partial charge in [0.2, 0.25) is 0 Å². The standard InChI is InChI=1S/C15H18F3NO2/c1-2-3-10-6-7-19(9-10)13-5-4-11(15(16,17)18)8-12(13)14(20)21/h4-5,8,10H,2-3,6-7,9H2,1H3,(H,20,21). The Morgan fingerprint density at radius 3 is 2.71 bits per heavy atom. The molecular weight excluding hydrogens is 283 g/mol. The lowest BCUT2D eigenvalue weighted by Gasteiger charge is -2.22. The van der Waals surface area contributed by atoms with Crippen LogP contribution < -0.4 is 4.90 Å². The maximum absolute atomic E-state index is 12.7. The molecule has 1 aromatic rings. The van der Waals surface area contributed by atoms with Crippen LogP contribution in [0.2, 0.25) is 0 Å². The monoisotopic (exact) mass is 301 g/mol. The molecule has 1 aliphatic rings. The molecule has 0 aliphatic carbocycles. The number of benzene rings is 1. The van der Waals surface area contributed by atoms with Crippen molar-refractivity contribution in [3.05, 3.63) is 29.3 Å². The lowest BCUT2D eigenvalue weighted by Crippen LogP contribution is -2.22. The van der Waals surface area contributed by atoms with E-state index >= 15 is 0 Å². The summed E-state index contributed by atoms with van der Waals surface area (Å²) >= 11 is 0. The second-order valence-electron chi connectivity index (χ2n) is 5.42. The van der Waals surface area contributed by atoms with Crippen molar-refractivity contribution in [1.82, 2.24) is 0 Å². The number of halogens is 3. The number of carboxylic acid groups (broad SMARTS) is 1. The maximum atomic E-state index is 12.7. The zero-order valence-electron chi connectivity index (χ0n) is 11.8. The first-order chi connectivity index (χ1) is 9.82. The molecule has 0 saturated carbocycles. The Bertz CT molecular complexity index is 528. The Kier molecular flexibility index (Phi) is 4.44. The van der Waals surface area contributed by atoms with Crippen molar-refractivity contribution in [2.45, 2.75) is 32.4 Å². The number of alkyl halides is 3. The van der Waals surface area contributed by atoms with Gasteiger partial charge in [0.05, 0.1) is 16.8 Å². The topological polar surface area (TPSA) is 40.5 Å². The van der Waals surface area contributed by atoms with Crippen molar-refractivity contribution in [3.8, 4) is 0 Å². The highest BCUT2D eigenvalue weighted by atomic mass is 19.4. The smallest absolute Gasteiger partial charge is 0.416 e. The van der Waals surface area contributed by atoms with Gasteiger partial charge in [-0.25, -0.2) is 4.79 Å². The molecular formula is C15H18F3NO2. The van der Waals surface area contributed by atoms with Crippen LogP contribution in [0.5, 0.6) is 0 Å². The Morgan fingerprint density at radius 1 is 1.43 bits per heavy atom. The molecule has 2 rings (SSSR count). The Balaban J connectivity index is 2.30. The zero-order chi connectivity index (χ0) is 15.6. The Morgan fingerprint density at radius 2 is 2.14 bits per heavy atom. The number of aromatic carboxylic acids is 1. The highest BCUT2D eigenvalue weighted by molar-refractivity contribution is 5.94. The quantitative estimate of drug-likeness (QED) is 0.912. The van der Waals surface area contributed by atoms with E-state index in [1.165, 1.54) is 6.07 Å². The molecule has 1 atom stereocenters. The van der Waals surface area contributed by atoms with Crippen molar-refractivity contribution in [2.24, 2.45) is 5.92 Å². The molecule has 0 spiro atoms. The van der Waals surface area contributed by atoms with Crippen LogP contribution in [-0.4, -0.2) is 24.2 Å². The molecule has 21 heavy (non-hydrogen) atoms. The van der Waals surface area contributed by atoms with Gasteiger partial charge in [0.25, 0.3) is 0 Å². The van der Waals surface area contributed by atoms with Crippen LogP contribution in [0.4, 0.5) is 18.9 Å². The summed E-state index contributed by atoms with van der Waals surface area (Å²) in [7, 11) is 0. The van der Waals surface area contributed by atoms with E-state index in [2.05, 4.69) is 6.92 Å². The minimum atomic E-state index is -4.53. The summed E-state index contributed by atoms with van der Waals surface area (Å²) in [6.45, 7) is 3.49. The fourth-order valence-electron chi connectivity index (χ4n) is 2.85. The molecule has 1 saturated heterocycles. The average molecular weight is 301 g/mol. The minimum absolute atomic E-state index is 0.276. The van der Waals surface area contributed by atoms with E-state index in [4.69, 9.17) is 0 Å². The fraction of sp³-hybridized carbons (Fsp3) is 0.533. The van der Waals surface area contributed by atoms with Crippen LogP contribution in [0.1, 0.15) is 42.1 Å². The van der Waals surface area contributed by atoms with E-state index in [9.17, 15) is 23.1 Å². The predicted molar refractivity (Wildman–Crippen MR) is 73.6 cm³/mol. The second kappa shape index (κ2) is 5.95. The Hall–Kier alpha value is -1.72. The largest absolute Gasteiger partial charge is 0.478 e. The first-order valence-electron chi connectivity index (χ1n) is 7.02. The van der Waals surface area contributed by atoms with Crippen LogP contribution in [0, 0.1) is 5.92 Å². The van der Waals surface area contributed by atoms with Gasteiger partial charge in [-0.3, -0.25) is 0 Å². The number of carbonyl (C=O) groups is 1. The average Bonchev–Trinajstić information content (AvgIpc) is 2.86. The van der Waals surface area contributed by atoms with E-state index in [1.807, 2.05) is 4.90 Å². The van der Waals surface area contributed by atoms with Crippen molar-refractivity contribution >= 4 is 11.7 Å². The van der Waals surface area contributed by atoms with Crippen LogP contribution in [0.25, 0.3) is 0 Å². The first kappa shape index (κ1) is 15.7. The summed E-state index contributed by atoms with van der Waals surface area (Å²) in [5.74, 6) is -0.839. The SMILES string of the molecule is CCCC1CCN(c2ccc(C(F)(F)F)cc2C(=O)O)C1. The number of hydrogen-bond donors (Lipinski definition) is 1. The molecule has 1 aliphatic heterocycles. The lowest BCUT2D eigenvalue weighted by molar-refractivity contribution is -0.137. The van der Waals surface area contributed by atoms with Gasteiger partial charge >= 0.3 is 12.1 Å². The van der Waals surface area contributed by atoms with E-state index in [0.717, 1.165) is 31.4 Å². The molecule has 1 fully saturated rings. The maximum Gasteiger partial charge on any atom is 0.416 e. The van der Waals surface area contributed by atoms with Gasteiger partial charge in [-0.05, 0) is 37.0 Å². The van der Waals surface area contributed by atoms with Gasteiger partial charge in [0.1, 0.15) is 0 Å². The van der Waals surface area contributed by atoms with Crippen molar-refractivity contribution in [2.75, 3.05) is 18.0 Å². The number of rotatable bonds is 4. The molecule has 1 N–H and O–H groups in total. The fourth-order valence-corrected chi connectivity index (χ4v) is 2.85. The van der Waals surface area contributed by atoms with E-state index in [1.54, 1.807) is 0 Å². The van der Waals surface area contributed by atoms with Crippen LogP contribution >= 0.6 is 0 Å². The second-order valence-corrected chi connectivity index (χ2v) is 5.42. The molecule has 6 heteroatoms. The summed E-state index contributed by atoms with van der Waals surface area (Å²) in [6.07, 6.45) is -1.47. The van der Waals surface area contributed by atoms with Gasteiger partial charge in [-0.15, -0.1) is 0 Å². The highest BCUT2D eigenvalue weighted by Crippen LogP contribution is 2.35. The summed E-state index contributed by atoms with van der Waals surface area (Å²) < 4.78 is 38.1. The number of carboxylic acids is 1. The molecule has 0 radical (unpaired) electrons. The van der Waals surface area contributed by atoms with E-state index in [-0.39, 0.29) is 5.56 Å². The predicted octanol–water partition coefficient (Wildman–Crippen LogP) is 4.03. The normalized spacial score (nSPS) is 19.0. The summed E-state index contributed by atoms with van der Waals surface area (Å²) in [4.78, 5) is 13.1. The van der Waals surface area contributed by atoms with Crippen LogP contribution in [0.15, 0.2) is 18.2 Å². The molecule has 0 bridgehead atoms. The summed E-state index contributed by atoms with van der Waals surface area (Å²) in [6, 6.07) is 2.96. The summed E-state index contributed by atoms with van der Waals surface area (Å²) in [5.41, 5.74) is -0.816. The number of hydrogen-bond acceptors (Lipinski definition) is 2. The molecule has 3 nitrogen and oxygen atoms in total. The molecule has 1 aromatic carbocycles. The molecule has 0 aromatic heterocycles. The number of anilines is 1. The van der Waals surface area contributed by atoms with Gasteiger partial charge < -0.3 is 10.0 Å². The summed E-state index contributed by atoms with van der Waals surface area (Å²) in [5, 5.41) is 9.19. The van der Waals surface area contributed by atoms with Crippen molar-refractivity contribution < 1.29 is 23.1 Å². The lowest BCUT2D eigenvalue weighted by atomic mass is 10.0. The van der Waals surface area contributed by atoms with Crippen LogP contribution in [-0.2, 0) is 6.18 Å². The third kappa shape index (κ3) is 3.49. The van der Waals surface area contributed by atoms with Crippen LogP contribution in [0.3, 0.4) is 0 Å². The van der Waals surface area contributed by atoms with Gasteiger partial charge in [-0.2, -0.15) is 13.2 Å². The third-order valence-electron chi connectivity index (χ3n) is 3.88. The molecule has 116 valence electrons. The minimum Gasteiger partial charge on any atom is -0.478 e. The zero-order valence-corrected chi connectivity index (χ0v) is 11.8. The molecule has 1 heterocycles. The van der Waals surface area contributed by atoms with Crippen molar-refractivity contribution in [3.63, 3.8) is 0 Å². The third-order valence-corrected chi connectivity index (χ3v) is 3.88. The van der Waals surface area contributed by atoms with Crippen molar-refractivity contribution in [1.29, 1.82) is 0 Å². The van der Waals surface area contributed by atoms with E-state index in [0.29, 0.717) is 24.7 Å². The highest BCUT2D eigenvalue weighted by Gasteiger charge is 2.33.